The summed E-state index contributed by atoms with van der Waals surface area (Å²) in [6.45, 7) is 0. The molecule has 0 bridgehead atoms. The molecule has 30 heavy (non-hydrogen) atoms. The number of alkyl halides is 14. The van der Waals surface area contributed by atoms with E-state index in [0.29, 0.717) is 0 Å². The number of carbonyl (C=O) groups excluding carboxylic acids is 2. The van der Waals surface area contributed by atoms with Crippen molar-refractivity contribution in [3.05, 3.63) is 35.4 Å². The summed E-state index contributed by atoms with van der Waals surface area (Å²) in [4.78, 5) is 23.3. The second-order valence-corrected chi connectivity index (χ2v) is 5.51. The van der Waals surface area contributed by atoms with Crippen molar-refractivity contribution < 1.29 is 71.1 Å². The molecule has 0 unspecified atom stereocenters. The van der Waals surface area contributed by atoms with Crippen LogP contribution in [0, 0.1) is 0 Å². The summed E-state index contributed by atoms with van der Waals surface area (Å²) in [5.74, 6) is -7.53. The first-order valence-corrected chi connectivity index (χ1v) is 6.88. The van der Waals surface area contributed by atoms with Crippen molar-refractivity contribution in [2.24, 2.45) is 0 Å². The van der Waals surface area contributed by atoms with Crippen molar-refractivity contribution in [1.29, 1.82) is 0 Å². The second-order valence-electron chi connectivity index (χ2n) is 5.51. The average Bonchev–Trinajstić information content (AvgIpc) is 2.54. The van der Waals surface area contributed by atoms with Crippen LogP contribution >= 0.6 is 0 Å². The molecule has 0 radical (unpaired) electrons. The molecule has 0 aromatic heterocycles. The van der Waals surface area contributed by atoms with E-state index in [1.54, 1.807) is 0 Å². The van der Waals surface area contributed by atoms with Gasteiger partial charge in [-0.1, -0.05) is 24.3 Å². The fraction of sp³-hybridized carbons (Fsp3) is 0.429. The molecule has 1 aromatic carbocycles. The predicted molar refractivity (Wildman–Crippen MR) is 67.0 cm³/mol. The highest BCUT2D eigenvalue weighted by Crippen LogP contribution is 2.50. The van der Waals surface area contributed by atoms with Gasteiger partial charge in [0.15, 0.2) is 0 Å². The van der Waals surface area contributed by atoms with Crippen LogP contribution in [0.25, 0.3) is 0 Å². The van der Waals surface area contributed by atoms with Crippen molar-refractivity contribution in [3.8, 4) is 0 Å². The van der Waals surface area contributed by atoms with Crippen molar-refractivity contribution in [1.82, 2.24) is 0 Å². The smallest absolute Gasteiger partial charge is 0.290 e. The monoisotopic (exact) mass is 470 g/mol. The predicted octanol–water partition coefficient (Wildman–Crippen LogP) is 5.72. The Kier molecular flexibility index (Phi) is 6.04. The zero-order chi connectivity index (χ0) is 24.1. The lowest BCUT2D eigenvalue weighted by molar-refractivity contribution is -0.319. The largest absolute Gasteiger partial charge is 0.439 e. The molecule has 0 atom stereocenters. The molecule has 0 aliphatic carbocycles. The van der Waals surface area contributed by atoms with Crippen LogP contribution in [0.2, 0.25) is 0 Å². The first-order chi connectivity index (χ1) is 13.0. The minimum absolute atomic E-state index is 0.290. The molecule has 0 N–H and O–H groups in total. The molecule has 0 aliphatic heterocycles. The fourth-order valence-electron chi connectivity index (χ4n) is 2.09. The highest BCUT2D eigenvalue weighted by molar-refractivity contribution is 6.15. The van der Waals surface area contributed by atoms with Gasteiger partial charge < -0.3 is 0 Å². The zero-order valence-corrected chi connectivity index (χ0v) is 13.4. The van der Waals surface area contributed by atoms with E-state index in [0.717, 1.165) is 0 Å². The normalized spacial score (nSPS) is 14.6. The molecule has 1 rings (SSSR count). The number of hydrogen-bond donors (Lipinski definition) is 0. The van der Waals surface area contributed by atoms with Crippen LogP contribution in [-0.2, 0) is 0 Å². The van der Waals surface area contributed by atoms with E-state index in [1.807, 2.05) is 0 Å². The van der Waals surface area contributed by atoms with Gasteiger partial charge in [-0.25, -0.2) is 8.78 Å². The highest BCUT2D eigenvalue weighted by Gasteiger charge is 2.79. The lowest BCUT2D eigenvalue weighted by atomic mass is 9.85. The summed E-state index contributed by atoms with van der Waals surface area (Å²) in [5.41, 5.74) is -18.7. The molecule has 0 aliphatic rings. The zero-order valence-electron chi connectivity index (χ0n) is 13.4. The third kappa shape index (κ3) is 3.71. The van der Waals surface area contributed by atoms with Gasteiger partial charge in [0.05, 0.1) is 0 Å². The lowest BCUT2D eigenvalue weighted by Gasteiger charge is -2.31. The van der Waals surface area contributed by atoms with Gasteiger partial charge in [-0.2, -0.15) is 52.7 Å². The van der Waals surface area contributed by atoms with Crippen molar-refractivity contribution in [3.63, 3.8) is 0 Å². The number of halogens is 14. The van der Waals surface area contributed by atoms with Gasteiger partial charge in [-0.15, -0.1) is 0 Å². The van der Waals surface area contributed by atoms with Crippen LogP contribution in [-0.4, -0.2) is 47.6 Å². The van der Waals surface area contributed by atoms with Gasteiger partial charge in [-0.05, 0) is 0 Å². The molecule has 1 aromatic rings. The fourth-order valence-corrected chi connectivity index (χ4v) is 2.09. The van der Waals surface area contributed by atoms with Gasteiger partial charge in [0, 0.05) is 11.1 Å². The molecule has 0 fully saturated rings. The van der Waals surface area contributed by atoms with Crippen LogP contribution in [0.1, 0.15) is 20.7 Å². The Hall–Kier alpha value is -2.42. The highest BCUT2D eigenvalue weighted by atomic mass is 19.4. The molecule has 0 amide bonds. The molecule has 0 heterocycles. The Labute approximate surface area is 155 Å². The van der Waals surface area contributed by atoms with E-state index >= 15 is 0 Å². The van der Waals surface area contributed by atoms with Crippen LogP contribution in [0.3, 0.4) is 0 Å². The Morgan fingerprint density at radius 2 is 0.667 bits per heavy atom. The molecule has 16 heteroatoms. The topological polar surface area (TPSA) is 34.1 Å². The summed E-state index contributed by atoms with van der Waals surface area (Å²) in [7, 11) is 0. The van der Waals surface area contributed by atoms with E-state index in [-0.39, 0.29) is 24.3 Å². The number of carbonyl (C=O) groups is 2. The number of hydrogen-bond acceptors (Lipinski definition) is 2. The van der Waals surface area contributed by atoms with E-state index in [2.05, 4.69) is 0 Å². The van der Waals surface area contributed by atoms with Gasteiger partial charge in [0.2, 0.25) is 11.6 Å². The summed E-state index contributed by atoms with van der Waals surface area (Å²) in [6.07, 6.45) is -28.4. The van der Waals surface area contributed by atoms with Crippen LogP contribution < -0.4 is 0 Å². The third-order valence-electron chi connectivity index (χ3n) is 3.60. The molecule has 0 saturated heterocycles. The maximum atomic E-state index is 13.8. The van der Waals surface area contributed by atoms with Crippen LogP contribution in [0.4, 0.5) is 61.5 Å². The Balaban J connectivity index is 3.85. The first kappa shape index (κ1) is 25.6. The van der Waals surface area contributed by atoms with E-state index in [9.17, 15) is 71.1 Å². The summed E-state index contributed by atoms with van der Waals surface area (Å²) < 4.78 is 179. The van der Waals surface area contributed by atoms with Crippen molar-refractivity contribution >= 4 is 11.6 Å². The summed E-state index contributed by atoms with van der Waals surface area (Å²) in [6, 6.07) is -0.0143. The molecule has 0 spiro atoms. The standard InChI is InChI=1S/C14H4F14O2/c15-9(11(17,18)19,12(20,21)22)7(29)5-3-1-2-4-6(5)8(30)10(16,13(23,24)25)14(26,27)28/h1-4H. The summed E-state index contributed by atoms with van der Waals surface area (Å²) in [5, 5.41) is 0. The van der Waals surface area contributed by atoms with E-state index < -0.39 is 58.7 Å². The van der Waals surface area contributed by atoms with Crippen molar-refractivity contribution in [2.75, 3.05) is 0 Å². The number of benzene rings is 1. The van der Waals surface area contributed by atoms with Crippen molar-refractivity contribution in [2.45, 2.75) is 36.0 Å². The lowest BCUT2D eigenvalue weighted by Crippen LogP contribution is -2.60. The quantitative estimate of drug-likeness (QED) is 0.417. The molecule has 170 valence electrons. The minimum Gasteiger partial charge on any atom is -0.290 e. The van der Waals surface area contributed by atoms with Crippen LogP contribution in [0.5, 0.6) is 0 Å². The van der Waals surface area contributed by atoms with Gasteiger partial charge in [0.25, 0.3) is 0 Å². The Bertz CT molecular complexity index is 730. The molecular weight excluding hydrogens is 466 g/mol. The van der Waals surface area contributed by atoms with Gasteiger partial charge in [0.1, 0.15) is 0 Å². The van der Waals surface area contributed by atoms with Crippen LogP contribution in [0.15, 0.2) is 24.3 Å². The SMILES string of the molecule is O=C(c1ccccc1C(=O)C(F)(C(F)(F)F)C(F)(F)F)C(F)(C(F)(F)F)C(F)(F)F. The Morgan fingerprint density at radius 1 is 0.467 bits per heavy atom. The second kappa shape index (κ2) is 7.08. The van der Waals surface area contributed by atoms with Gasteiger partial charge in [-0.3, -0.25) is 9.59 Å². The summed E-state index contributed by atoms with van der Waals surface area (Å²) >= 11 is 0. The average molecular weight is 470 g/mol. The Morgan fingerprint density at radius 3 is 0.833 bits per heavy atom. The maximum Gasteiger partial charge on any atom is 0.439 e. The van der Waals surface area contributed by atoms with Gasteiger partial charge >= 0.3 is 36.0 Å². The maximum absolute atomic E-state index is 13.8. The number of ketones is 2. The number of rotatable bonds is 4. The van der Waals surface area contributed by atoms with E-state index in [4.69, 9.17) is 0 Å². The van der Waals surface area contributed by atoms with E-state index in [1.165, 1.54) is 0 Å². The minimum atomic E-state index is -7.10. The molecular formula is C14H4F14O2. The number of Topliss-reactive ketones (excluding diaryl/α,β-unsaturated/α-hetero) is 2. The molecule has 0 saturated carbocycles. The first-order valence-electron chi connectivity index (χ1n) is 6.88. The third-order valence-corrected chi connectivity index (χ3v) is 3.60. The molecule has 2 nitrogen and oxygen atoms in total.